The number of non-ortho nitro benzene ring substituents is 1. The van der Waals surface area contributed by atoms with E-state index in [2.05, 4.69) is 77.1 Å². The fraction of sp³-hybridized carbons (Fsp3) is 0.143. The highest BCUT2D eigenvalue weighted by Crippen LogP contribution is 2.39. The van der Waals surface area contributed by atoms with E-state index in [-0.39, 0.29) is 6.04 Å². The monoisotopic (exact) mass is 571 g/mol. The second kappa shape index (κ2) is 13.0. The molecule has 2 N–H and O–H groups in total. The molecule has 14 heteroatoms. The molecule has 0 amide bonds. The van der Waals surface area contributed by atoms with Crippen LogP contribution in [0.15, 0.2) is 91.0 Å². The van der Waals surface area contributed by atoms with Gasteiger partial charge in [0.25, 0.3) is 11.4 Å². The maximum Gasteiger partial charge on any atom is 0.324 e. The maximum atomic E-state index is 10.4. The summed E-state index contributed by atoms with van der Waals surface area (Å²) in [5, 5.41) is 52.5. The molecule has 5 rings (SSSR count). The molecule has 214 valence electrons. The normalized spacial score (nSPS) is 11.3. The number of phenolic OH excluding ortho intramolecular Hbond substituents is 1. The molecule has 1 unspecified atom stereocenters. The number of anilines is 1. The Balaban J connectivity index is 0.000000219. The first kappa shape index (κ1) is 29.1. The van der Waals surface area contributed by atoms with Crippen LogP contribution in [0, 0.1) is 37.3 Å². The number of benzene rings is 4. The highest BCUT2D eigenvalue weighted by atomic mass is 16.6. The molecule has 0 spiro atoms. The smallest absolute Gasteiger partial charge is 0.324 e. The highest BCUT2D eigenvalue weighted by molar-refractivity contribution is 5.74. The van der Waals surface area contributed by atoms with E-state index >= 15 is 0 Å². The number of hydrogen-bond acceptors (Lipinski definition) is 10. The Labute approximate surface area is 238 Å². The third-order valence-electron chi connectivity index (χ3n) is 6.31. The number of hydrogen-bond donors (Lipinski definition) is 2. The van der Waals surface area contributed by atoms with Crippen molar-refractivity contribution in [1.29, 1.82) is 0 Å². The van der Waals surface area contributed by atoms with E-state index in [9.17, 15) is 30.3 Å². The number of nitro groups is 3. The van der Waals surface area contributed by atoms with Crippen molar-refractivity contribution in [2.45, 2.75) is 19.4 Å². The molecule has 0 aliphatic heterocycles. The largest absolute Gasteiger partial charge is 0.497 e. The molecule has 0 bridgehead atoms. The predicted molar refractivity (Wildman–Crippen MR) is 154 cm³/mol. The third-order valence-corrected chi connectivity index (χ3v) is 6.31. The number of nitrogens with one attached hydrogen (secondary N) is 1. The van der Waals surface area contributed by atoms with Crippen LogP contribution in [-0.2, 0) is 0 Å². The first-order valence-electron chi connectivity index (χ1n) is 12.6. The summed E-state index contributed by atoms with van der Waals surface area (Å²) in [5.41, 5.74) is 2.65. The SMILES string of the molecule is Cc1ccc(NCCC(c2ccccc2)n2nnc3ccccc32)cc1.O=[N+]([O-])c1cc([N+](=O)[O-])c(O)c([N+](=O)[O-])c1. The van der Waals surface area contributed by atoms with Crippen molar-refractivity contribution in [3.8, 4) is 5.75 Å². The molecule has 0 fully saturated rings. The van der Waals surface area contributed by atoms with Gasteiger partial charge in [0, 0.05) is 12.2 Å². The molecular formula is C28H25N7O7. The molecule has 4 aromatic carbocycles. The summed E-state index contributed by atoms with van der Waals surface area (Å²) in [4.78, 5) is 27.8. The number of phenols is 1. The number of nitro benzene ring substituents is 3. The standard InChI is InChI=1S/C22H22N4.C6H3N3O7/c1-17-11-13-19(14-12-17)23-16-15-21(18-7-3-2-4-8-18)26-22-10-6-5-9-20(22)24-25-26;10-6-4(8(13)14)1-3(7(11)12)2-5(6)9(15)16/h2-14,21,23H,15-16H2,1H3;1-2,10H. The molecule has 0 saturated carbocycles. The quantitative estimate of drug-likeness (QED) is 0.158. The van der Waals surface area contributed by atoms with Crippen LogP contribution in [-0.4, -0.2) is 41.4 Å². The molecular weight excluding hydrogens is 546 g/mol. The zero-order chi connectivity index (χ0) is 30.2. The van der Waals surface area contributed by atoms with Gasteiger partial charge in [0.2, 0.25) is 0 Å². The van der Waals surface area contributed by atoms with Gasteiger partial charge in [-0.1, -0.05) is 65.4 Å². The number of aromatic nitrogens is 3. The zero-order valence-corrected chi connectivity index (χ0v) is 22.2. The average molecular weight is 572 g/mol. The fourth-order valence-electron chi connectivity index (χ4n) is 4.22. The Morgan fingerprint density at radius 1 is 0.833 bits per heavy atom. The Kier molecular flexibility index (Phi) is 8.97. The lowest BCUT2D eigenvalue weighted by atomic mass is 10.0. The second-order valence-corrected chi connectivity index (χ2v) is 9.13. The molecule has 1 aromatic heterocycles. The van der Waals surface area contributed by atoms with Gasteiger partial charge in [-0.2, -0.15) is 0 Å². The molecule has 14 nitrogen and oxygen atoms in total. The van der Waals surface area contributed by atoms with Gasteiger partial charge in [-0.25, -0.2) is 4.68 Å². The first-order valence-corrected chi connectivity index (χ1v) is 12.6. The van der Waals surface area contributed by atoms with Gasteiger partial charge in [0.15, 0.2) is 0 Å². The number of para-hydroxylation sites is 1. The van der Waals surface area contributed by atoms with Crippen molar-refractivity contribution in [2.75, 3.05) is 11.9 Å². The van der Waals surface area contributed by atoms with Gasteiger partial charge >= 0.3 is 11.4 Å². The van der Waals surface area contributed by atoms with Crippen LogP contribution in [0.25, 0.3) is 11.0 Å². The lowest BCUT2D eigenvalue weighted by Crippen LogP contribution is -2.16. The molecule has 0 saturated heterocycles. The van der Waals surface area contributed by atoms with Gasteiger partial charge in [0.1, 0.15) is 5.52 Å². The first-order chi connectivity index (χ1) is 20.2. The van der Waals surface area contributed by atoms with Crippen molar-refractivity contribution in [3.63, 3.8) is 0 Å². The van der Waals surface area contributed by atoms with Crippen LogP contribution in [0.5, 0.6) is 5.75 Å². The molecule has 5 aromatic rings. The summed E-state index contributed by atoms with van der Waals surface area (Å²) in [7, 11) is 0. The Morgan fingerprint density at radius 2 is 1.43 bits per heavy atom. The summed E-state index contributed by atoms with van der Waals surface area (Å²) in [5.74, 6) is -1.21. The second-order valence-electron chi connectivity index (χ2n) is 9.13. The highest BCUT2D eigenvalue weighted by Gasteiger charge is 2.30. The van der Waals surface area contributed by atoms with Gasteiger partial charge in [-0.05, 0) is 43.2 Å². The van der Waals surface area contributed by atoms with Crippen LogP contribution >= 0.6 is 0 Å². The molecule has 0 radical (unpaired) electrons. The summed E-state index contributed by atoms with van der Waals surface area (Å²) >= 11 is 0. The Hall–Kier alpha value is -5.92. The molecule has 1 atom stereocenters. The summed E-state index contributed by atoms with van der Waals surface area (Å²) in [6, 6.07) is 28.2. The summed E-state index contributed by atoms with van der Waals surface area (Å²) in [6.45, 7) is 2.96. The van der Waals surface area contributed by atoms with E-state index in [4.69, 9.17) is 5.11 Å². The summed E-state index contributed by atoms with van der Waals surface area (Å²) in [6.07, 6.45) is 0.922. The van der Waals surface area contributed by atoms with Crippen molar-refractivity contribution in [1.82, 2.24) is 15.0 Å². The minimum Gasteiger partial charge on any atom is -0.497 e. The van der Waals surface area contributed by atoms with Gasteiger partial charge in [0.05, 0.1) is 38.5 Å². The van der Waals surface area contributed by atoms with E-state index in [1.54, 1.807) is 0 Å². The van der Waals surface area contributed by atoms with Gasteiger partial charge < -0.3 is 10.4 Å². The van der Waals surface area contributed by atoms with Crippen LogP contribution in [0.1, 0.15) is 23.6 Å². The number of aromatic hydroxyl groups is 1. The van der Waals surface area contributed by atoms with E-state index in [0.717, 1.165) is 29.7 Å². The number of aryl methyl sites for hydroxylation is 1. The minimum atomic E-state index is -1.21. The van der Waals surface area contributed by atoms with Crippen molar-refractivity contribution in [2.24, 2.45) is 0 Å². The average Bonchev–Trinajstić information content (AvgIpc) is 3.40. The molecule has 1 heterocycles. The van der Waals surface area contributed by atoms with Crippen molar-refractivity contribution < 1.29 is 19.9 Å². The van der Waals surface area contributed by atoms with Gasteiger partial charge in [-0.15, -0.1) is 5.10 Å². The van der Waals surface area contributed by atoms with E-state index in [1.165, 1.54) is 11.1 Å². The van der Waals surface area contributed by atoms with Crippen LogP contribution < -0.4 is 5.32 Å². The number of nitrogens with zero attached hydrogens (tertiary/aromatic N) is 6. The van der Waals surface area contributed by atoms with Crippen LogP contribution in [0.3, 0.4) is 0 Å². The van der Waals surface area contributed by atoms with E-state index < -0.39 is 37.6 Å². The van der Waals surface area contributed by atoms with E-state index in [1.807, 2.05) is 28.9 Å². The lowest BCUT2D eigenvalue weighted by Gasteiger charge is -2.19. The zero-order valence-electron chi connectivity index (χ0n) is 22.2. The Morgan fingerprint density at radius 3 is 2.02 bits per heavy atom. The number of rotatable bonds is 9. The molecule has 0 aliphatic carbocycles. The lowest BCUT2D eigenvalue weighted by molar-refractivity contribution is -0.404. The van der Waals surface area contributed by atoms with Crippen LogP contribution in [0.2, 0.25) is 0 Å². The van der Waals surface area contributed by atoms with Crippen molar-refractivity contribution >= 4 is 33.8 Å². The van der Waals surface area contributed by atoms with Crippen molar-refractivity contribution in [3.05, 3.63) is 132 Å². The maximum absolute atomic E-state index is 10.4. The fourth-order valence-corrected chi connectivity index (χ4v) is 4.22. The molecule has 0 aliphatic rings. The topological polar surface area (TPSA) is 192 Å². The minimum absolute atomic E-state index is 0.140. The number of fused-ring (bicyclic) bond motifs is 1. The predicted octanol–water partition coefficient (Wildman–Crippen LogP) is 5.95. The van der Waals surface area contributed by atoms with Gasteiger partial charge in [-0.3, -0.25) is 30.3 Å². The van der Waals surface area contributed by atoms with E-state index in [0.29, 0.717) is 12.1 Å². The molecule has 42 heavy (non-hydrogen) atoms. The third kappa shape index (κ3) is 6.80. The summed E-state index contributed by atoms with van der Waals surface area (Å²) < 4.78 is 2.04. The Bertz CT molecular complexity index is 1690. The van der Waals surface area contributed by atoms with Crippen LogP contribution in [0.4, 0.5) is 22.7 Å².